The molecule has 0 aromatic heterocycles. The first-order chi connectivity index (χ1) is 6.72. The Kier molecular flexibility index (Phi) is 5.19. The number of carbonyl (C=O) groups is 2. The quantitative estimate of drug-likeness (QED) is 0.405. The van der Waals surface area contributed by atoms with Crippen molar-refractivity contribution in [3.05, 3.63) is 0 Å². The fourth-order valence-electron chi connectivity index (χ4n) is 0.787. The van der Waals surface area contributed by atoms with Crippen LogP contribution in [0, 0.1) is 0 Å². The second-order valence-corrected chi connectivity index (χ2v) is 4.21. The summed E-state index contributed by atoms with van der Waals surface area (Å²) in [5.74, 6) is -3.49. The number of rotatable bonds is 7. The van der Waals surface area contributed by atoms with E-state index >= 15 is 0 Å². The SMILES string of the molecule is O=C(O)CC[C@H](NCS(=O)(=O)O)C(=O)O. The normalized spacial score (nSPS) is 13.4. The highest BCUT2D eigenvalue weighted by atomic mass is 32.2. The minimum absolute atomic E-state index is 0.264. The van der Waals surface area contributed by atoms with Gasteiger partial charge in [-0.3, -0.25) is 19.5 Å². The summed E-state index contributed by atoms with van der Waals surface area (Å²) >= 11 is 0. The van der Waals surface area contributed by atoms with Gasteiger partial charge in [0.2, 0.25) is 0 Å². The molecule has 0 radical (unpaired) electrons. The molecular formula is C6H11NO7S. The van der Waals surface area contributed by atoms with Gasteiger partial charge in [-0.05, 0) is 6.42 Å². The molecule has 0 saturated heterocycles. The Labute approximate surface area is 85.7 Å². The van der Waals surface area contributed by atoms with Gasteiger partial charge in [0.05, 0.1) is 0 Å². The summed E-state index contributed by atoms with van der Waals surface area (Å²) in [6.07, 6.45) is -0.671. The van der Waals surface area contributed by atoms with Gasteiger partial charge in [-0.1, -0.05) is 0 Å². The van der Waals surface area contributed by atoms with E-state index < -0.39 is 40.4 Å². The monoisotopic (exact) mass is 241 g/mol. The summed E-state index contributed by atoms with van der Waals surface area (Å²) in [6.45, 7) is 0. The third-order valence-corrected chi connectivity index (χ3v) is 1.99. The van der Waals surface area contributed by atoms with Gasteiger partial charge in [0.25, 0.3) is 10.1 Å². The first kappa shape index (κ1) is 13.8. The lowest BCUT2D eigenvalue weighted by Gasteiger charge is -2.11. The molecule has 15 heavy (non-hydrogen) atoms. The van der Waals surface area contributed by atoms with Crippen LogP contribution in [-0.2, 0) is 19.7 Å². The van der Waals surface area contributed by atoms with Gasteiger partial charge in [0, 0.05) is 6.42 Å². The molecule has 0 unspecified atom stereocenters. The molecule has 88 valence electrons. The summed E-state index contributed by atoms with van der Waals surface area (Å²) in [5.41, 5.74) is 0. The molecule has 0 spiro atoms. The van der Waals surface area contributed by atoms with Crippen LogP contribution in [-0.4, -0.2) is 47.0 Å². The number of hydrogen-bond donors (Lipinski definition) is 4. The van der Waals surface area contributed by atoms with Crippen LogP contribution in [0.4, 0.5) is 0 Å². The lowest BCUT2D eigenvalue weighted by Crippen LogP contribution is -2.39. The van der Waals surface area contributed by atoms with E-state index in [1.54, 1.807) is 0 Å². The van der Waals surface area contributed by atoms with Gasteiger partial charge in [0.15, 0.2) is 0 Å². The first-order valence-electron chi connectivity index (χ1n) is 3.85. The summed E-state index contributed by atoms with van der Waals surface area (Å²) in [5, 5.41) is 18.8. The molecule has 0 heterocycles. The van der Waals surface area contributed by atoms with E-state index in [4.69, 9.17) is 14.8 Å². The van der Waals surface area contributed by atoms with Crippen molar-refractivity contribution in [2.24, 2.45) is 0 Å². The maximum atomic E-state index is 10.5. The van der Waals surface area contributed by atoms with Crippen molar-refractivity contribution in [3.63, 3.8) is 0 Å². The van der Waals surface area contributed by atoms with Crippen LogP contribution in [0.5, 0.6) is 0 Å². The first-order valence-corrected chi connectivity index (χ1v) is 5.46. The molecule has 4 N–H and O–H groups in total. The van der Waals surface area contributed by atoms with Gasteiger partial charge >= 0.3 is 11.9 Å². The molecule has 0 rings (SSSR count). The lowest BCUT2D eigenvalue weighted by atomic mass is 10.1. The molecular weight excluding hydrogens is 230 g/mol. The second-order valence-electron chi connectivity index (χ2n) is 2.75. The van der Waals surface area contributed by atoms with Crippen LogP contribution < -0.4 is 5.32 Å². The van der Waals surface area contributed by atoms with E-state index in [0.29, 0.717) is 0 Å². The highest BCUT2D eigenvalue weighted by Crippen LogP contribution is 1.98. The molecule has 0 aromatic carbocycles. The zero-order valence-electron chi connectivity index (χ0n) is 7.58. The van der Waals surface area contributed by atoms with E-state index in [1.165, 1.54) is 0 Å². The summed E-state index contributed by atoms with van der Waals surface area (Å²) in [7, 11) is -4.31. The standard InChI is InChI=1S/C6H11NO7S/c8-5(9)2-1-4(6(10)11)7-3-15(12,13)14/h4,7H,1-3H2,(H,8,9)(H,10,11)(H,12,13,14)/t4-/m0/s1. The second kappa shape index (κ2) is 5.63. The van der Waals surface area contributed by atoms with E-state index in [9.17, 15) is 18.0 Å². The molecule has 0 aliphatic rings. The molecule has 9 heteroatoms. The van der Waals surface area contributed by atoms with Crippen LogP contribution in [0.3, 0.4) is 0 Å². The van der Waals surface area contributed by atoms with Crippen molar-refractivity contribution in [1.29, 1.82) is 0 Å². The third-order valence-electron chi connectivity index (χ3n) is 1.46. The smallest absolute Gasteiger partial charge is 0.320 e. The Balaban J connectivity index is 4.17. The molecule has 0 aliphatic heterocycles. The zero-order valence-corrected chi connectivity index (χ0v) is 8.40. The van der Waals surface area contributed by atoms with Gasteiger partial charge in [-0.15, -0.1) is 0 Å². The molecule has 0 saturated carbocycles. The van der Waals surface area contributed by atoms with Crippen molar-refractivity contribution in [1.82, 2.24) is 5.32 Å². The largest absolute Gasteiger partial charge is 0.481 e. The van der Waals surface area contributed by atoms with Gasteiger partial charge in [-0.2, -0.15) is 8.42 Å². The predicted molar refractivity (Wildman–Crippen MR) is 47.8 cm³/mol. The molecule has 0 fully saturated rings. The zero-order chi connectivity index (χ0) is 12.1. The van der Waals surface area contributed by atoms with Crippen LogP contribution in [0.1, 0.15) is 12.8 Å². The Bertz CT molecular complexity index is 335. The van der Waals surface area contributed by atoms with E-state index in [2.05, 4.69) is 0 Å². The van der Waals surface area contributed by atoms with Crippen LogP contribution >= 0.6 is 0 Å². The number of aliphatic carboxylic acids is 2. The Morgan fingerprint density at radius 2 is 1.80 bits per heavy atom. The van der Waals surface area contributed by atoms with E-state index in [-0.39, 0.29) is 6.42 Å². The number of carboxylic acids is 2. The topological polar surface area (TPSA) is 141 Å². The molecule has 0 aromatic rings. The Morgan fingerprint density at radius 3 is 2.13 bits per heavy atom. The van der Waals surface area contributed by atoms with Crippen molar-refractivity contribution in [2.45, 2.75) is 18.9 Å². The average Bonchev–Trinajstić information content (AvgIpc) is 2.00. The number of nitrogens with one attached hydrogen (secondary N) is 1. The minimum Gasteiger partial charge on any atom is -0.481 e. The minimum atomic E-state index is -4.31. The summed E-state index contributed by atoms with van der Waals surface area (Å²) in [6, 6.07) is -1.32. The molecule has 0 aliphatic carbocycles. The maximum absolute atomic E-state index is 10.5. The molecule has 8 nitrogen and oxygen atoms in total. The van der Waals surface area contributed by atoms with Crippen LogP contribution in [0.15, 0.2) is 0 Å². The van der Waals surface area contributed by atoms with Gasteiger partial charge in [-0.25, -0.2) is 0 Å². The molecule has 1 atom stereocenters. The Morgan fingerprint density at radius 1 is 1.27 bits per heavy atom. The molecule has 0 bridgehead atoms. The lowest BCUT2D eigenvalue weighted by molar-refractivity contribution is -0.140. The number of hydrogen-bond acceptors (Lipinski definition) is 5. The van der Waals surface area contributed by atoms with Crippen LogP contribution in [0.25, 0.3) is 0 Å². The van der Waals surface area contributed by atoms with Gasteiger partial charge in [0.1, 0.15) is 11.9 Å². The van der Waals surface area contributed by atoms with E-state index in [0.717, 1.165) is 0 Å². The maximum Gasteiger partial charge on any atom is 0.320 e. The number of carboxylic acid groups (broad SMARTS) is 2. The average molecular weight is 241 g/mol. The highest BCUT2D eigenvalue weighted by molar-refractivity contribution is 7.85. The fourth-order valence-corrected chi connectivity index (χ4v) is 1.20. The van der Waals surface area contributed by atoms with Crippen molar-refractivity contribution in [3.8, 4) is 0 Å². The fraction of sp³-hybridized carbons (Fsp3) is 0.667. The van der Waals surface area contributed by atoms with Crippen molar-refractivity contribution in [2.75, 3.05) is 5.88 Å². The van der Waals surface area contributed by atoms with Crippen LogP contribution in [0.2, 0.25) is 0 Å². The predicted octanol–water partition coefficient (Wildman–Crippen LogP) is -1.26. The summed E-state index contributed by atoms with van der Waals surface area (Å²) < 4.78 is 28.9. The van der Waals surface area contributed by atoms with E-state index in [1.807, 2.05) is 5.32 Å². The summed E-state index contributed by atoms with van der Waals surface area (Å²) in [4.78, 5) is 20.6. The van der Waals surface area contributed by atoms with Gasteiger partial charge < -0.3 is 10.2 Å². The highest BCUT2D eigenvalue weighted by Gasteiger charge is 2.19. The Hall–Kier alpha value is -1.19. The molecule has 0 amide bonds. The van der Waals surface area contributed by atoms with Crippen molar-refractivity contribution < 1.29 is 32.8 Å². The van der Waals surface area contributed by atoms with Crippen molar-refractivity contribution >= 4 is 22.1 Å². The third kappa shape index (κ3) is 7.85.